The predicted molar refractivity (Wildman–Crippen MR) is 128 cm³/mol. The minimum absolute atomic E-state index is 0.240. The van der Waals surface area contributed by atoms with Crippen molar-refractivity contribution in [3.05, 3.63) is 81.8 Å². The first-order valence-electron chi connectivity index (χ1n) is 11.2. The first-order valence-corrected chi connectivity index (χ1v) is 12.1. The number of rotatable bonds is 4. The minimum atomic E-state index is -1.14. The highest BCUT2D eigenvalue weighted by Crippen LogP contribution is 2.39. The molecule has 3 amide bonds. The van der Waals surface area contributed by atoms with Gasteiger partial charge in [0.2, 0.25) is 0 Å². The third kappa shape index (κ3) is 3.40. The second-order valence-electron chi connectivity index (χ2n) is 8.67. The number of nitrogens with zero attached hydrogens (tertiary/aromatic N) is 3. The maximum Gasteiger partial charge on any atom is 0.326 e. The van der Waals surface area contributed by atoms with E-state index in [0.29, 0.717) is 17.1 Å². The molecule has 6 rings (SSSR count). The van der Waals surface area contributed by atoms with Crippen LogP contribution >= 0.6 is 11.3 Å². The van der Waals surface area contributed by atoms with Crippen LogP contribution in [0.4, 0.5) is 4.79 Å². The minimum Gasteiger partial charge on any atom is -0.458 e. The fraction of sp³-hybridized carbons (Fsp3) is 0.240. The Morgan fingerprint density at radius 3 is 2.80 bits per heavy atom. The van der Waals surface area contributed by atoms with Crippen molar-refractivity contribution in [3.63, 3.8) is 0 Å². The van der Waals surface area contributed by atoms with Gasteiger partial charge in [0.15, 0.2) is 4.96 Å². The van der Waals surface area contributed by atoms with Crippen LogP contribution in [0.2, 0.25) is 0 Å². The Balaban J connectivity index is 1.18. The monoisotopic (exact) mass is 488 g/mol. The van der Waals surface area contributed by atoms with Crippen molar-refractivity contribution in [3.8, 4) is 0 Å². The Hall–Kier alpha value is -4.05. The Labute approximate surface area is 203 Å². The van der Waals surface area contributed by atoms with Crippen molar-refractivity contribution in [2.75, 3.05) is 6.54 Å². The van der Waals surface area contributed by atoms with Gasteiger partial charge in [0.25, 0.3) is 11.5 Å². The van der Waals surface area contributed by atoms with Gasteiger partial charge in [-0.25, -0.2) is 9.78 Å². The normalized spacial score (nSPS) is 19.4. The second kappa shape index (κ2) is 8.02. The van der Waals surface area contributed by atoms with Crippen molar-refractivity contribution in [2.45, 2.75) is 31.4 Å². The molecule has 1 spiro atoms. The third-order valence-electron chi connectivity index (χ3n) is 6.57. The summed E-state index contributed by atoms with van der Waals surface area (Å²) in [5.74, 6) is -1.21. The lowest BCUT2D eigenvalue weighted by Gasteiger charge is -2.33. The van der Waals surface area contributed by atoms with Crippen molar-refractivity contribution >= 4 is 44.4 Å². The number of esters is 1. The summed E-state index contributed by atoms with van der Waals surface area (Å²) in [4.78, 5) is 57.1. The van der Waals surface area contributed by atoms with Crippen LogP contribution in [0.25, 0.3) is 15.2 Å². The first-order chi connectivity index (χ1) is 17.0. The topological polar surface area (TPSA) is 110 Å². The van der Waals surface area contributed by atoms with Gasteiger partial charge in [0.05, 0.1) is 15.9 Å². The highest BCUT2D eigenvalue weighted by atomic mass is 32.1. The van der Waals surface area contributed by atoms with Gasteiger partial charge in [0, 0.05) is 6.07 Å². The molecule has 0 bridgehead atoms. The molecular formula is C25H20N4O5S. The lowest BCUT2D eigenvalue weighted by atomic mass is 9.76. The summed E-state index contributed by atoms with van der Waals surface area (Å²) in [7, 11) is 0. The van der Waals surface area contributed by atoms with E-state index in [1.807, 2.05) is 48.5 Å². The number of fused-ring (bicyclic) bond motifs is 5. The molecule has 4 aromatic rings. The van der Waals surface area contributed by atoms with Crippen LogP contribution in [0, 0.1) is 0 Å². The number of ether oxygens (including phenoxy) is 1. The number of hydrogen-bond acceptors (Lipinski definition) is 7. The number of urea groups is 1. The third-order valence-corrected chi connectivity index (χ3v) is 7.59. The zero-order chi connectivity index (χ0) is 24.2. The van der Waals surface area contributed by atoms with Crippen molar-refractivity contribution in [2.24, 2.45) is 0 Å². The van der Waals surface area contributed by atoms with Gasteiger partial charge in [-0.05, 0) is 42.5 Å². The molecule has 1 saturated heterocycles. The smallest absolute Gasteiger partial charge is 0.326 e. The molecule has 176 valence electrons. The molecule has 10 heteroatoms. The lowest BCUT2D eigenvalue weighted by Crippen LogP contribution is -2.46. The van der Waals surface area contributed by atoms with Crippen molar-refractivity contribution in [1.82, 2.24) is 19.6 Å². The van der Waals surface area contributed by atoms with Crippen LogP contribution < -0.4 is 10.9 Å². The second-order valence-corrected chi connectivity index (χ2v) is 9.68. The van der Waals surface area contributed by atoms with Crippen LogP contribution in [0.15, 0.2) is 59.4 Å². The molecule has 0 radical (unpaired) electrons. The van der Waals surface area contributed by atoms with Gasteiger partial charge in [0.1, 0.15) is 18.7 Å². The summed E-state index contributed by atoms with van der Waals surface area (Å²) in [5.41, 5.74) is 1.45. The van der Waals surface area contributed by atoms with Crippen molar-refractivity contribution < 1.29 is 19.1 Å². The van der Waals surface area contributed by atoms with Gasteiger partial charge >= 0.3 is 12.0 Å². The summed E-state index contributed by atoms with van der Waals surface area (Å²) in [6.07, 6.45) is 2.06. The van der Waals surface area contributed by atoms with Gasteiger partial charge in [-0.1, -0.05) is 47.7 Å². The Kier molecular flexibility index (Phi) is 4.92. The van der Waals surface area contributed by atoms with E-state index < -0.39 is 30.0 Å². The summed E-state index contributed by atoms with van der Waals surface area (Å²) in [5, 5.41) is 2.82. The zero-order valence-corrected chi connectivity index (χ0v) is 19.3. The van der Waals surface area contributed by atoms with Crippen LogP contribution in [-0.4, -0.2) is 38.7 Å². The SMILES string of the molecule is O=C(CN1C(=O)N[C@]2(CCCc3ccccc32)C1=O)OCc1cc(=O)n2c(n1)sc1ccccc12. The summed E-state index contributed by atoms with van der Waals surface area (Å²) in [6.45, 7) is -0.755. The molecule has 0 unspecified atom stereocenters. The lowest BCUT2D eigenvalue weighted by molar-refractivity contribution is -0.149. The quantitative estimate of drug-likeness (QED) is 0.349. The van der Waals surface area contributed by atoms with Crippen LogP contribution in [0.3, 0.4) is 0 Å². The number of hydrogen-bond donors (Lipinski definition) is 1. The summed E-state index contributed by atoms with van der Waals surface area (Å²) >= 11 is 1.36. The number of aromatic nitrogens is 2. The fourth-order valence-corrected chi connectivity index (χ4v) is 6.03. The molecule has 1 aliphatic carbocycles. The molecule has 2 aliphatic rings. The Morgan fingerprint density at radius 2 is 1.91 bits per heavy atom. The number of amides is 3. The van der Waals surface area contributed by atoms with Crippen LogP contribution in [-0.2, 0) is 32.9 Å². The van der Waals surface area contributed by atoms with E-state index >= 15 is 0 Å². The van der Waals surface area contributed by atoms with Crippen molar-refractivity contribution in [1.29, 1.82) is 0 Å². The van der Waals surface area contributed by atoms with E-state index in [1.165, 1.54) is 21.8 Å². The van der Waals surface area contributed by atoms with E-state index in [9.17, 15) is 19.2 Å². The molecule has 35 heavy (non-hydrogen) atoms. The molecule has 3 heterocycles. The molecule has 9 nitrogen and oxygen atoms in total. The first kappa shape index (κ1) is 21.5. The van der Waals surface area contributed by atoms with Gasteiger partial charge in [-0.15, -0.1) is 0 Å². The van der Waals surface area contributed by atoms with E-state index in [4.69, 9.17) is 4.74 Å². The number of nitrogens with one attached hydrogen (secondary N) is 1. The summed E-state index contributed by atoms with van der Waals surface area (Å²) in [6, 6.07) is 15.7. The molecule has 1 N–H and O–H groups in total. The largest absolute Gasteiger partial charge is 0.458 e. The highest BCUT2D eigenvalue weighted by Gasteiger charge is 2.54. The number of benzene rings is 2. The van der Waals surface area contributed by atoms with E-state index in [2.05, 4.69) is 10.3 Å². The Morgan fingerprint density at radius 1 is 1.11 bits per heavy atom. The Bertz CT molecular complexity index is 1590. The standard InChI is InChI=1S/C25H20N4O5S/c30-20-12-16(26-24-29(20)18-9-3-4-10-19(18)35-24)14-34-21(31)13-28-22(32)25(27-23(28)33)11-5-7-15-6-1-2-8-17(15)25/h1-4,6,8-10,12H,5,7,11,13-14H2,(H,27,33)/t25-/m0/s1. The van der Waals surface area contributed by atoms with E-state index in [1.54, 1.807) is 0 Å². The van der Waals surface area contributed by atoms with E-state index in [0.717, 1.165) is 39.1 Å². The number of thiazole rings is 1. The maximum atomic E-state index is 13.3. The molecule has 2 aromatic carbocycles. The van der Waals surface area contributed by atoms with Gasteiger partial charge in [-0.3, -0.25) is 23.7 Å². The van der Waals surface area contributed by atoms with Crippen LogP contribution in [0.1, 0.15) is 29.7 Å². The summed E-state index contributed by atoms with van der Waals surface area (Å²) < 4.78 is 7.72. The van der Waals surface area contributed by atoms with Crippen LogP contribution in [0.5, 0.6) is 0 Å². The molecule has 2 aromatic heterocycles. The number of para-hydroxylation sites is 1. The molecule has 0 saturated carbocycles. The number of aryl methyl sites for hydroxylation is 1. The zero-order valence-electron chi connectivity index (χ0n) is 18.5. The molecule has 1 aliphatic heterocycles. The number of imide groups is 1. The average molecular weight is 489 g/mol. The molecular weight excluding hydrogens is 468 g/mol. The fourth-order valence-electron chi connectivity index (χ4n) is 4.98. The van der Waals surface area contributed by atoms with E-state index in [-0.39, 0.29) is 12.2 Å². The van der Waals surface area contributed by atoms with Gasteiger partial charge in [-0.2, -0.15) is 0 Å². The van der Waals surface area contributed by atoms with Gasteiger partial charge < -0.3 is 10.1 Å². The highest BCUT2D eigenvalue weighted by molar-refractivity contribution is 7.23. The maximum absolute atomic E-state index is 13.3. The molecule has 1 fully saturated rings. The number of carbonyl (C=O) groups is 3. The average Bonchev–Trinajstić information content (AvgIpc) is 3.34. The number of carbonyl (C=O) groups excluding carboxylic acids is 3. The predicted octanol–water partition coefficient (Wildman–Crippen LogP) is 2.74. The molecule has 1 atom stereocenters.